The van der Waals surface area contributed by atoms with E-state index in [0.717, 1.165) is 34.8 Å². The summed E-state index contributed by atoms with van der Waals surface area (Å²) in [7, 11) is -1.26. The molecule has 0 aromatic heterocycles. The maximum Gasteiger partial charge on any atom is 0.0610 e. The highest BCUT2D eigenvalue weighted by molar-refractivity contribution is 6.83. The summed E-state index contributed by atoms with van der Waals surface area (Å²) in [5, 5.41) is 0. The number of hydrogen-bond donors (Lipinski definition) is 0. The normalized spacial score (nSPS) is 42.8. The molecule has 6 atom stereocenters. The summed E-state index contributed by atoms with van der Waals surface area (Å²) < 4.78 is 0. The maximum atomic E-state index is 2.49. The van der Waals surface area contributed by atoms with E-state index < -0.39 is 8.07 Å². The molecule has 0 N–H and O–H groups in total. The summed E-state index contributed by atoms with van der Waals surface area (Å²) in [6.07, 6.45) is 19.0. The monoisotopic (exact) mass is 378 g/mol. The summed E-state index contributed by atoms with van der Waals surface area (Å²) in [6, 6.07) is 3.31. The van der Waals surface area contributed by atoms with E-state index in [1.807, 2.05) is 0 Å². The molecule has 0 aromatic rings. The van der Waals surface area contributed by atoms with Crippen molar-refractivity contribution in [2.24, 2.45) is 23.7 Å². The van der Waals surface area contributed by atoms with Crippen molar-refractivity contribution >= 4 is 8.07 Å². The molecule has 3 fully saturated rings. The molecule has 6 unspecified atom stereocenters. The molecule has 0 radical (unpaired) electrons. The molecule has 0 bridgehead atoms. The van der Waals surface area contributed by atoms with E-state index in [9.17, 15) is 0 Å². The van der Waals surface area contributed by atoms with Gasteiger partial charge >= 0.3 is 0 Å². The first-order valence-corrected chi connectivity index (χ1v) is 14.3. The zero-order valence-electron chi connectivity index (χ0n) is 17.9. The summed E-state index contributed by atoms with van der Waals surface area (Å²) >= 11 is 0. The van der Waals surface area contributed by atoms with Crippen LogP contribution in [0.2, 0.25) is 23.2 Å². The Morgan fingerprint density at radius 3 is 1.44 bits per heavy atom. The van der Waals surface area contributed by atoms with Gasteiger partial charge in [-0.2, -0.15) is 0 Å². The molecule has 146 valence electrons. The molecule has 27 heavy (non-hydrogen) atoms. The Kier molecular flexibility index (Phi) is 4.46. The van der Waals surface area contributed by atoms with Gasteiger partial charge in [-0.05, 0) is 75.3 Å². The quantitative estimate of drug-likeness (QED) is 0.429. The number of fused-ring (bicyclic) bond motifs is 2. The highest BCUT2D eigenvalue weighted by atomic mass is 28.3. The van der Waals surface area contributed by atoms with Crippen molar-refractivity contribution in [2.45, 2.75) is 89.4 Å². The number of hydrogen-bond acceptors (Lipinski definition) is 0. The van der Waals surface area contributed by atoms with Crippen LogP contribution >= 0.6 is 0 Å². The number of rotatable bonds is 2. The van der Waals surface area contributed by atoms with Crippen molar-refractivity contribution in [1.82, 2.24) is 0 Å². The van der Waals surface area contributed by atoms with Crippen molar-refractivity contribution in [3.8, 4) is 0 Å². The molecular formula is C26H38Si. The van der Waals surface area contributed by atoms with Gasteiger partial charge in [-0.15, -0.1) is 0 Å². The Morgan fingerprint density at radius 1 is 0.593 bits per heavy atom. The lowest BCUT2D eigenvalue weighted by Crippen LogP contribution is -2.46. The van der Waals surface area contributed by atoms with Crippen molar-refractivity contribution in [3.05, 3.63) is 46.6 Å². The van der Waals surface area contributed by atoms with Gasteiger partial charge in [0.15, 0.2) is 0 Å². The van der Waals surface area contributed by atoms with Crippen LogP contribution in [0, 0.1) is 23.7 Å². The molecule has 5 aliphatic rings. The second kappa shape index (κ2) is 6.61. The van der Waals surface area contributed by atoms with Gasteiger partial charge in [0.2, 0.25) is 0 Å². The third-order valence-electron chi connectivity index (χ3n) is 9.76. The highest BCUT2D eigenvalue weighted by Gasteiger charge is 2.59. The summed E-state index contributed by atoms with van der Waals surface area (Å²) in [5.74, 6) is 3.57. The number of allylic oxidation sites excluding steroid dienone is 8. The van der Waals surface area contributed by atoms with Gasteiger partial charge in [-0.25, -0.2) is 0 Å². The SMILES string of the molecule is CC1=CC=C(C)C2C1CCC2[Si]1(C2CCC3C(C)=CC=C(C)C32)CCCC1. The van der Waals surface area contributed by atoms with Crippen LogP contribution in [0.5, 0.6) is 0 Å². The van der Waals surface area contributed by atoms with Crippen molar-refractivity contribution in [2.75, 3.05) is 0 Å². The van der Waals surface area contributed by atoms with E-state index in [1.165, 1.54) is 12.8 Å². The standard InChI is InChI=1S/C26H38Si/c1-17-7-9-19(3)25-21(17)11-13-23(25)27(15-5-6-16-27)24-14-12-22-18(2)8-10-20(4)26(22)24/h7-10,21-26H,5-6,11-16H2,1-4H3. The molecule has 1 aliphatic heterocycles. The van der Waals surface area contributed by atoms with Gasteiger partial charge in [-0.1, -0.05) is 84.4 Å². The van der Waals surface area contributed by atoms with Crippen molar-refractivity contribution in [1.29, 1.82) is 0 Å². The zero-order valence-corrected chi connectivity index (χ0v) is 18.9. The van der Waals surface area contributed by atoms with Crippen LogP contribution < -0.4 is 0 Å². The van der Waals surface area contributed by atoms with Crippen molar-refractivity contribution in [3.63, 3.8) is 0 Å². The first-order valence-electron chi connectivity index (χ1n) is 11.7. The second-order valence-corrected chi connectivity index (χ2v) is 15.7. The fourth-order valence-electron chi connectivity index (χ4n) is 8.62. The summed E-state index contributed by atoms with van der Waals surface area (Å²) in [5.41, 5.74) is 8.99. The van der Waals surface area contributed by atoms with Crippen LogP contribution in [0.1, 0.15) is 66.2 Å². The third kappa shape index (κ3) is 2.60. The lowest BCUT2D eigenvalue weighted by molar-refractivity contribution is 0.465. The third-order valence-corrected chi connectivity index (χ3v) is 16.6. The molecule has 0 aromatic carbocycles. The minimum absolute atomic E-state index is 0.881. The van der Waals surface area contributed by atoms with E-state index >= 15 is 0 Å². The molecule has 4 aliphatic carbocycles. The molecule has 0 nitrogen and oxygen atoms in total. The van der Waals surface area contributed by atoms with Crippen LogP contribution in [0.4, 0.5) is 0 Å². The maximum absolute atomic E-state index is 2.49. The van der Waals surface area contributed by atoms with E-state index in [1.54, 1.807) is 60.1 Å². The van der Waals surface area contributed by atoms with Gasteiger partial charge in [0.05, 0.1) is 8.07 Å². The topological polar surface area (TPSA) is 0 Å². The summed E-state index contributed by atoms with van der Waals surface area (Å²) in [4.78, 5) is 0. The lowest BCUT2D eigenvalue weighted by atomic mass is 9.80. The predicted molar refractivity (Wildman–Crippen MR) is 120 cm³/mol. The second-order valence-electron chi connectivity index (χ2n) is 10.7. The molecule has 0 amide bonds. The lowest BCUT2D eigenvalue weighted by Gasteiger charge is -2.47. The molecule has 5 rings (SSSR count). The minimum Gasteiger partial charge on any atom is -0.0696 e. The predicted octanol–water partition coefficient (Wildman–Crippen LogP) is 7.83. The Labute approximate surface area is 167 Å². The van der Waals surface area contributed by atoms with Crippen LogP contribution in [-0.2, 0) is 0 Å². The van der Waals surface area contributed by atoms with Gasteiger partial charge < -0.3 is 0 Å². The van der Waals surface area contributed by atoms with Crippen LogP contribution in [0.3, 0.4) is 0 Å². The highest BCUT2D eigenvalue weighted by Crippen LogP contribution is 2.66. The first-order chi connectivity index (χ1) is 13.0. The molecule has 1 saturated heterocycles. The molecule has 1 heterocycles. The Hall–Kier alpha value is -0.823. The van der Waals surface area contributed by atoms with E-state index in [-0.39, 0.29) is 0 Å². The van der Waals surface area contributed by atoms with Gasteiger partial charge in [0, 0.05) is 0 Å². The molecular weight excluding hydrogens is 340 g/mol. The molecule has 1 heteroatoms. The Balaban J connectivity index is 1.53. The van der Waals surface area contributed by atoms with Crippen LogP contribution in [0.25, 0.3) is 0 Å². The molecule has 2 saturated carbocycles. The van der Waals surface area contributed by atoms with Crippen LogP contribution in [-0.4, -0.2) is 8.07 Å². The fourth-order valence-corrected chi connectivity index (χ4v) is 16.6. The van der Waals surface area contributed by atoms with Crippen molar-refractivity contribution < 1.29 is 0 Å². The average Bonchev–Trinajstić information content (AvgIpc) is 3.38. The first kappa shape index (κ1) is 18.2. The Morgan fingerprint density at radius 2 is 1.00 bits per heavy atom. The van der Waals surface area contributed by atoms with E-state index in [0.29, 0.717) is 0 Å². The minimum atomic E-state index is -1.26. The fraction of sp³-hybridized carbons (Fsp3) is 0.692. The largest absolute Gasteiger partial charge is 0.0696 e. The van der Waals surface area contributed by atoms with Crippen LogP contribution in [0.15, 0.2) is 46.6 Å². The van der Waals surface area contributed by atoms with Gasteiger partial charge in [-0.3, -0.25) is 0 Å². The average molecular weight is 379 g/mol. The smallest absolute Gasteiger partial charge is 0.0610 e. The van der Waals surface area contributed by atoms with Gasteiger partial charge in [0.1, 0.15) is 0 Å². The summed E-state index contributed by atoms with van der Waals surface area (Å²) in [6.45, 7) is 9.76. The molecule has 0 spiro atoms. The Bertz CT molecular complexity index is 684. The zero-order chi connectivity index (χ0) is 18.8. The van der Waals surface area contributed by atoms with E-state index in [2.05, 4.69) is 52.0 Å². The van der Waals surface area contributed by atoms with Gasteiger partial charge in [0.25, 0.3) is 0 Å². The van der Waals surface area contributed by atoms with E-state index in [4.69, 9.17) is 0 Å².